The van der Waals surface area contributed by atoms with Crippen LogP contribution < -0.4 is 9.80 Å². The van der Waals surface area contributed by atoms with E-state index in [-0.39, 0.29) is 10.8 Å². The first-order chi connectivity index (χ1) is 39.8. The standard InChI is InChI=1S/C80H66N2/c1-49-37-50(2)40-63(39-49)81(59-29-25-53-17-9-11-19-55(53)43-59)61-31-35-69-71(47-61)77(57-27-33-67-65-21-13-15-23-73(65)79(5,6)75(67)45-57)70-36-32-62(82(64-41-51(3)38-52(4)42-64)60-30-26-54-18-10-12-20-56(54)44-60)48-72(70)78(69)58-28-34-68-66-22-14-16-24-74(66)80(7,8)76(68)46-58/h9-13,15-21,23-48H,14,22H2,1-8H3. The Balaban J connectivity index is 1.06. The second-order valence-corrected chi connectivity index (χ2v) is 24.8. The van der Waals surface area contributed by atoms with Crippen LogP contribution in [0.25, 0.3) is 82.0 Å². The molecule has 0 spiro atoms. The van der Waals surface area contributed by atoms with Crippen LogP contribution in [0.3, 0.4) is 0 Å². The largest absolute Gasteiger partial charge is 0.310 e. The Hall–Kier alpha value is -9.24. The molecule has 0 bridgehead atoms. The number of benzene rings is 12. The lowest BCUT2D eigenvalue weighted by Gasteiger charge is -2.29. The van der Waals surface area contributed by atoms with Crippen LogP contribution in [-0.4, -0.2) is 0 Å². The molecule has 12 aromatic carbocycles. The highest BCUT2D eigenvalue weighted by molar-refractivity contribution is 6.23. The molecule has 3 aliphatic carbocycles. The van der Waals surface area contributed by atoms with Gasteiger partial charge in [0.25, 0.3) is 0 Å². The van der Waals surface area contributed by atoms with Crippen LogP contribution in [0.4, 0.5) is 34.1 Å². The fraction of sp³-hybridized carbons (Fsp3) is 0.150. The summed E-state index contributed by atoms with van der Waals surface area (Å²) in [6, 6.07) is 83.8. The first-order valence-electron chi connectivity index (χ1n) is 29.3. The third-order valence-electron chi connectivity index (χ3n) is 18.5. The number of fused-ring (bicyclic) bond motifs is 9. The van der Waals surface area contributed by atoms with E-state index in [0.717, 1.165) is 47.0 Å². The molecule has 0 amide bonds. The molecule has 3 aliphatic rings. The Bertz CT molecular complexity index is 4710. The molecule has 0 saturated heterocycles. The summed E-state index contributed by atoms with van der Waals surface area (Å²) in [5.41, 5.74) is 27.5. The molecule has 0 aromatic heterocycles. The minimum Gasteiger partial charge on any atom is -0.310 e. The molecule has 0 atom stereocenters. The molecule has 12 aromatic rings. The summed E-state index contributed by atoms with van der Waals surface area (Å²) < 4.78 is 0. The quantitative estimate of drug-likeness (QED) is 0.140. The molecule has 82 heavy (non-hydrogen) atoms. The van der Waals surface area contributed by atoms with Crippen molar-refractivity contribution in [3.63, 3.8) is 0 Å². The summed E-state index contributed by atoms with van der Waals surface area (Å²) in [5.74, 6) is 0. The number of anilines is 6. The molecule has 396 valence electrons. The van der Waals surface area contributed by atoms with E-state index in [1.807, 2.05) is 0 Å². The summed E-state index contributed by atoms with van der Waals surface area (Å²) in [5, 5.41) is 9.77. The lowest BCUT2D eigenvalue weighted by atomic mass is 9.78. The molecule has 0 N–H and O–H groups in total. The molecule has 0 heterocycles. The van der Waals surface area contributed by atoms with Crippen molar-refractivity contribution < 1.29 is 0 Å². The topological polar surface area (TPSA) is 6.48 Å². The maximum absolute atomic E-state index is 2.56. The van der Waals surface area contributed by atoms with E-state index < -0.39 is 0 Å². The van der Waals surface area contributed by atoms with Crippen molar-refractivity contribution in [2.75, 3.05) is 9.80 Å². The van der Waals surface area contributed by atoms with Gasteiger partial charge in [-0.15, -0.1) is 0 Å². The molecular weight excluding hydrogens is 989 g/mol. The van der Waals surface area contributed by atoms with E-state index in [9.17, 15) is 0 Å². The van der Waals surface area contributed by atoms with Gasteiger partial charge in [0, 0.05) is 45.0 Å². The minimum atomic E-state index is -0.187. The summed E-state index contributed by atoms with van der Waals surface area (Å²) in [7, 11) is 0. The van der Waals surface area contributed by atoms with Gasteiger partial charge in [0.05, 0.1) is 0 Å². The average Bonchev–Trinajstić information content (AvgIpc) is 2.44. The van der Waals surface area contributed by atoms with Gasteiger partial charge in [0.2, 0.25) is 0 Å². The van der Waals surface area contributed by atoms with Crippen molar-refractivity contribution in [1.82, 2.24) is 0 Å². The first kappa shape index (κ1) is 49.8. The minimum absolute atomic E-state index is 0.140. The van der Waals surface area contributed by atoms with Crippen LogP contribution >= 0.6 is 0 Å². The summed E-state index contributed by atoms with van der Waals surface area (Å²) in [6.07, 6.45) is 6.94. The Labute approximate surface area is 483 Å². The van der Waals surface area contributed by atoms with E-state index in [1.54, 1.807) is 0 Å². The lowest BCUT2D eigenvalue weighted by molar-refractivity contribution is 0.651. The number of rotatable bonds is 8. The van der Waals surface area contributed by atoms with Gasteiger partial charge in [0.15, 0.2) is 0 Å². The van der Waals surface area contributed by atoms with Crippen molar-refractivity contribution in [2.24, 2.45) is 0 Å². The summed E-state index contributed by atoms with van der Waals surface area (Å²) >= 11 is 0. The van der Waals surface area contributed by atoms with Crippen LogP contribution in [0, 0.1) is 27.7 Å². The summed E-state index contributed by atoms with van der Waals surface area (Å²) in [4.78, 5) is 4.97. The second kappa shape index (κ2) is 18.7. The van der Waals surface area contributed by atoms with Gasteiger partial charge >= 0.3 is 0 Å². The molecular formula is C80H66N2. The van der Waals surface area contributed by atoms with Gasteiger partial charge in [-0.1, -0.05) is 173 Å². The maximum Gasteiger partial charge on any atom is 0.0468 e. The van der Waals surface area contributed by atoms with Crippen molar-refractivity contribution in [2.45, 2.75) is 79.1 Å². The molecule has 2 heteroatoms. The molecule has 2 nitrogen and oxygen atoms in total. The normalized spacial score (nSPS) is 14.6. The SMILES string of the molecule is Cc1cc(C)cc(N(c2ccc3ccccc3c2)c2ccc3c(-c4ccc5c(c4)C(C)(C)c4ccccc4-5)c4cc(N(c5cc(C)cc(C)c5)c5ccc6ccccc6c5)ccc4c(-c4ccc5c(c4)C(C)(C)C4=C5CCC=C4)c3c2)c1. The van der Waals surface area contributed by atoms with E-state index in [0.29, 0.717) is 0 Å². The van der Waals surface area contributed by atoms with Gasteiger partial charge in [-0.3, -0.25) is 0 Å². The monoisotopic (exact) mass is 1050 g/mol. The van der Waals surface area contributed by atoms with E-state index in [1.165, 1.54) is 132 Å². The zero-order chi connectivity index (χ0) is 55.8. The first-order valence-corrected chi connectivity index (χ1v) is 29.3. The van der Waals surface area contributed by atoms with Gasteiger partial charge in [-0.2, -0.15) is 0 Å². The van der Waals surface area contributed by atoms with Gasteiger partial charge in [0.1, 0.15) is 0 Å². The predicted octanol–water partition coefficient (Wildman–Crippen LogP) is 22.5. The van der Waals surface area contributed by atoms with Crippen molar-refractivity contribution in [3.05, 3.63) is 281 Å². The molecule has 0 fully saturated rings. The second-order valence-electron chi connectivity index (χ2n) is 24.8. The van der Waals surface area contributed by atoms with Crippen LogP contribution in [-0.2, 0) is 10.8 Å². The van der Waals surface area contributed by atoms with Crippen LogP contribution in [0.5, 0.6) is 0 Å². The van der Waals surface area contributed by atoms with Crippen molar-refractivity contribution in [1.29, 1.82) is 0 Å². The molecule has 15 rings (SSSR count). The van der Waals surface area contributed by atoms with Crippen LogP contribution in [0.15, 0.2) is 236 Å². The van der Waals surface area contributed by atoms with E-state index in [4.69, 9.17) is 0 Å². The molecule has 0 radical (unpaired) electrons. The Kier molecular flexibility index (Phi) is 11.3. The predicted molar refractivity (Wildman–Crippen MR) is 352 cm³/mol. The zero-order valence-corrected chi connectivity index (χ0v) is 48.2. The van der Waals surface area contributed by atoms with Gasteiger partial charge in [-0.25, -0.2) is 0 Å². The lowest BCUT2D eigenvalue weighted by Crippen LogP contribution is -2.16. The fourth-order valence-corrected chi connectivity index (χ4v) is 14.8. The Morgan fingerprint density at radius 3 is 1.30 bits per heavy atom. The molecule has 0 aliphatic heterocycles. The fourth-order valence-electron chi connectivity index (χ4n) is 14.8. The Morgan fingerprint density at radius 1 is 0.329 bits per heavy atom. The Morgan fingerprint density at radius 2 is 0.768 bits per heavy atom. The number of hydrogen-bond acceptors (Lipinski definition) is 2. The van der Waals surface area contributed by atoms with Crippen molar-refractivity contribution >= 4 is 82.8 Å². The van der Waals surface area contributed by atoms with Crippen molar-refractivity contribution in [3.8, 4) is 33.4 Å². The van der Waals surface area contributed by atoms with Crippen LogP contribution in [0.2, 0.25) is 0 Å². The zero-order valence-electron chi connectivity index (χ0n) is 48.2. The van der Waals surface area contributed by atoms with Gasteiger partial charge < -0.3 is 9.80 Å². The molecule has 0 saturated carbocycles. The third kappa shape index (κ3) is 7.90. The maximum atomic E-state index is 2.56. The number of hydrogen-bond donors (Lipinski definition) is 0. The van der Waals surface area contributed by atoms with Gasteiger partial charge in [-0.05, 0) is 258 Å². The van der Waals surface area contributed by atoms with E-state index in [2.05, 4.69) is 296 Å². The van der Waals surface area contributed by atoms with Crippen LogP contribution in [0.1, 0.15) is 85.0 Å². The highest BCUT2D eigenvalue weighted by Crippen LogP contribution is 2.55. The van der Waals surface area contributed by atoms with E-state index >= 15 is 0 Å². The highest BCUT2D eigenvalue weighted by atomic mass is 15.1. The highest BCUT2D eigenvalue weighted by Gasteiger charge is 2.38. The third-order valence-corrected chi connectivity index (χ3v) is 18.5. The molecule has 0 unspecified atom stereocenters. The summed E-state index contributed by atoms with van der Waals surface area (Å²) in [6.45, 7) is 18.6. The average molecular weight is 1060 g/mol. The smallest absolute Gasteiger partial charge is 0.0468 e. The number of allylic oxidation sites excluding steroid dienone is 4. The number of nitrogens with zero attached hydrogens (tertiary/aromatic N) is 2. The number of aryl methyl sites for hydroxylation is 4.